The Kier molecular flexibility index (Phi) is 4.51. The van der Waals surface area contributed by atoms with Crippen molar-refractivity contribution in [1.29, 1.82) is 0 Å². The van der Waals surface area contributed by atoms with Crippen LogP contribution in [0.1, 0.15) is 31.1 Å². The molecule has 1 unspecified atom stereocenters. The molecule has 3 heteroatoms. The van der Waals surface area contributed by atoms with E-state index in [-0.39, 0.29) is 17.3 Å². The quantitative estimate of drug-likeness (QED) is 0.603. The number of carbonyl (C=O) groups excluding carboxylic acids is 1. The summed E-state index contributed by atoms with van der Waals surface area (Å²) in [5.41, 5.74) is 0.545. The fourth-order valence-corrected chi connectivity index (χ4v) is 2.90. The molecular formula is C15H24O2Si. The minimum absolute atomic E-state index is 0.0884. The number of Topliss-reactive ketones (excluding diaryl/α,β-unsaturated/α-hetero) is 1. The molecule has 0 radical (unpaired) electrons. The van der Waals surface area contributed by atoms with Gasteiger partial charge in [-0.05, 0) is 25.1 Å². The van der Waals surface area contributed by atoms with Crippen molar-refractivity contribution in [1.82, 2.24) is 0 Å². The second kappa shape index (κ2) is 5.37. The smallest absolute Gasteiger partial charge is 0.190 e. The van der Waals surface area contributed by atoms with Crippen molar-refractivity contribution in [2.24, 2.45) is 5.41 Å². The van der Waals surface area contributed by atoms with Crippen LogP contribution in [0.25, 0.3) is 0 Å². The van der Waals surface area contributed by atoms with Gasteiger partial charge >= 0.3 is 0 Å². The minimum Gasteiger partial charge on any atom is -0.407 e. The van der Waals surface area contributed by atoms with Crippen LogP contribution in [0, 0.1) is 5.41 Å². The van der Waals surface area contributed by atoms with Crippen LogP contribution in [0.2, 0.25) is 19.6 Å². The van der Waals surface area contributed by atoms with Crippen molar-refractivity contribution in [3.05, 3.63) is 35.9 Å². The average molecular weight is 264 g/mol. The molecular weight excluding hydrogens is 240 g/mol. The predicted molar refractivity (Wildman–Crippen MR) is 78.4 cm³/mol. The number of hydrogen-bond acceptors (Lipinski definition) is 2. The third-order valence-electron chi connectivity index (χ3n) is 2.55. The highest BCUT2D eigenvalue weighted by atomic mass is 28.4. The molecule has 0 fully saturated rings. The first-order valence-corrected chi connectivity index (χ1v) is 9.79. The summed E-state index contributed by atoms with van der Waals surface area (Å²) in [5.74, 6) is 0.0884. The minimum atomic E-state index is -1.75. The molecule has 1 atom stereocenters. The van der Waals surface area contributed by atoms with Gasteiger partial charge < -0.3 is 4.43 Å². The summed E-state index contributed by atoms with van der Waals surface area (Å²) in [6.07, 6.45) is -0.369. The fraction of sp³-hybridized carbons (Fsp3) is 0.533. The van der Waals surface area contributed by atoms with E-state index in [1.165, 1.54) is 0 Å². The Morgan fingerprint density at radius 2 is 1.61 bits per heavy atom. The van der Waals surface area contributed by atoms with Gasteiger partial charge in [0.25, 0.3) is 0 Å². The highest BCUT2D eigenvalue weighted by Gasteiger charge is 2.36. The van der Waals surface area contributed by atoms with Crippen LogP contribution in [0.4, 0.5) is 0 Å². The fourth-order valence-electron chi connectivity index (χ4n) is 1.73. The van der Waals surface area contributed by atoms with Crippen molar-refractivity contribution >= 4 is 14.1 Å². The molecule has 0 saturated carbocycles. The molecule has 1 rings (SSSR count). The van der Waals surface area contributed by atoms with Crippen LogP contribution < -0.4 is 0 Å². The number of benzene rings is 1. The summed E-state index contributed by atoms with van der Waals surface area (Å²) < 4.78 is 6.11. The topological polar surface area (TPSA) is 26.3 Å². The van der Waals surface area contributed by atoms with E-state index in [1.54, 1.807) is 0 Å². The van der Waals surface area contributed by atoms with Crippen molar-refractivity contribution in [2.75, 3.05) is 0 Å². The third-order valence-corrected chi connectivity index (χ3v) is 3.50. The van der Waals surface area contributed by atoms with Crippen LogP contribution in [0.3, 0.4) is 0 Å². The maximum Gasteiger partial charge on any atom is 0.190 e. The Hall–Kier alpha value is -0.933. The van der Waals surface area contributed by atoms with Gasteiger partial charge in [-0.25, -0.2) is 0 Å². The molecule has 0 bridgehead atoms. The SMILES string of the molecule is CC(C)(C)C(O[Si](C)(C)C)C(=O)c1ccccc1. The van der Waals surface area contributed by atoms with E-state index in [2.05, 4.69) is 40.4 Å². The highest BCUT2D eigenvalue weighted by molar-refractivity contribution is 6.70. The second-order valence-electron chi connectivity index (χ2n) is 6.71. The standard InChI is InChI=1S/C15H24O2Si/c1-15(2,3)14(17-18(4,5)6)13(16)12-10-8-7-9-11-12/h7-11,14H,1-6H3. The third kappa shape index (κ3) is 4.39. The molecule has 18 heavy (non-hydrogen) atoms. The average Bonchev–Trinajstić information content (AvgIpc) is 2.24. The number of hydrogen-bond donors (Lipinski definition) is 0. The molecule has 0 spiro atoms. The zero-order chi connectivity index (χ0) is 14.0. The lowest BCUT2D eigenvalue weighted by Crippen LogP contribution is -2.44. The molecule has 0 amide bonds. The molecule has 1 aromatic carbocycles. The normalized spacial score (nSPS) is 14.3. The molecule has 0 N–H and O–H groups in total. The van der Waals surface area contributed by atoms with Crippen molar-refractivity contribution < 1.29 is 9.22 Å². The van der Waals surface area contributed by atoms with Gasteiger partial charge in [0.1, 0.15) is 6.10 Å². The van der Waals surface area contributed by atoms with Crippen molar-refractivity contribution in [2.45, 2.75) is 46.5 Å². The Balaban J connectivity index is 3.02. The van der Waals surface area contributed by atoms with Crippen LogP contribution in [0.5, 0.6) is 0 Å². The molecule has 0 aromatic heterocycles. The summed E-state index contributed by atoms with van der Waals surface area (Å²) in [4.78, 5) is 12.6. The lowest BCUT2D eigenvalue weighted by molar-refractivity contribution is 0.0514. The van der Waals surface area contributed by atoms with Gasteiger partial charge in [-0.15, -0.1) is 0 Å². The monoisotopic (exact) mass is 264 g/mol. The Bertz CT molecular complexity index is 399. The second-order valence-corrected chi connectivity index (χ2v) is 11.2. The van der Waals surface area contributed by atoms with E-state index in [0.29, 0.717) is 0 Å². The summed E-state index contributed by atoms with van der Waals surface area (Å²) in [6.45, 7) is 12.5. The summed E-state index contributed by atoms with van der Waals surface area (Å²) >= 11 is 0. The van der Waals surface area contributed by atoms with E-state index in [9.17, 15) is 4.79 Å². The van der Waals surface area contributed by atoms with Crippen LogP contribution >= 0.6 is 0 Å². The first-order chi connectivity index (χ1) is 8.11. The maximum atomic E-state index is 12.6. The molecule has 0 aliphatic carbocycles. The van der Waals surface area contributed by atoms with E-state index in [1.807, 2.05) is 30.3 Å². The Morgan fingerprint density at radius 1 is 1.11 bits per heavy atom. The molecule has 0 saturated heterocycles. The highest BCUT2D eigenvalue weighted by Crippen LogP contribution is 2.28. The van der Waals surface area contributed by atoms with Crippen LogP contribution in [0.15, 0.2) is 30.3 Å². The predicted octanol–water partition coefficient (Wildman–Crippen LogP) is 4.14. The molecule has 0 aliphatic heterocycles. The van der Waals surface area contributed by atoms with Gasteiger partial charge in [0.15, 0.2) is 14.1 Å². The van der Waals surface area contributed by atoms with Gasteiger partial charge in [-0.3, -0.25) is 4.79 Å². The lowest BCUT2D eigenvalue weighted by Gasteiger charge is -2.34. The van der Waals surface area contributed by atoms with Gasteiger partial charge in [0, 0.05) is 5.56 Å². The van der Waals surface area contributed by atoms with E-state index in [0.717, 1.165) is 5.56 Å². The summed E-state index contributed by atoms with van der Waals surface area (Å²) in [7, 11) is -1.75. The largest absolute Gasteiger partial charge is 0.407 e. The van der Waals surface area contributed by atoms with E-state index < -0.39 is 8.32 Å². The van der Waals surface area contributed by atoms with Gasteiger partial charge in [-0.1, -0.05) is 51.1 Å². The van der Waals surface area contributed by atoms with Gasteiger partial charge in [0.2, 0.25) is 0 Å². The Morgan fingerprint density at radius 3 is 2.00 bits per heavy atom. The lowest BCUT2D eigenvalue weighted by atomic mass is 9.84. The van der Waals surface area contributed by atoms with Crippen molar-refractivity contribution in [3.63, 3.8) is 0 Å². The zero-order valence-electron chi connectivity index (χ0n) is 12.3. The number of rotatable bonds is 4. The Labute approximate surface area is 111 Å². The first kappa shape index (κ1) is 15.1. The van der Waals surface area contributed by atoms with E-state index in [4.69, 9.17) is 4.43 Å². The van der Waals surface area contributed by atoms with Crippen LogP contribution in [-0.2, 0) is 4.43 Å². The van der Waals surface area contributed by atoms with Gasteiger partial charge in [0.05, 0.1) is 0 Å². The molecule has 1 aromatic rings. The van der Waals surface area contributed by atoms with Crippen molar-refractivity contribution in [3.8, 4) is 0 Å². The number of ketones is 1. The maximum absolute atomic E-state index is 12.6. The number of carbonyl (C=O) groups is 1. The van der Waals surface area contributed by atoms with Crippen LogP contribution in [-0.4, -0.2) is 20.2 Å². The molecule has 0 heterocycles. The van der Waals surface area contributed by atoms with Gasteiger partial charge in [-0.2, -0.15) is 0 Å². The zero-order valence-corrected chi connectivity index (χ0v) is 13.3. The summed E-state index contributed by atoms with van der Waals surface area (Å²) in [6, 6.07) is 9.41. The molecule has 0 aliphatic rings. The molecule has 100 valence electrons. The first-order valence-electron chi connectivity index (χ1n) is 6.38. The molecule has 2 nitrogen and oxygen atoms in total. The van der Waals surface area contributed by atoms with E-state index >= 15 is 0 Å². The summed E-state index contributed by atoms with van der Waals surface area (Å²) in [5, 5.41) is 0.